The van der Waals surface area contributed by atoms with Gasteiger partial charge < -0.3 is 15.2 Å². The summed E-state index contributed by atoms with van der Waals surface area (Å²) in [5.41, 5.74) is 6.67. The van der Waals surface area contributed by atoms with E-state index in [2.05, 4.69) is 0 Å². The number of rotatable bonds is 6. The Kier molecular flexibility index (Phi) is 5.37. The molecule has 0 aromatic heterocycles. The Hall–Kier alpha value is -3.26. The molecule has 0 radical (unpaired) electrons. The van der Waals surface area contributed by atoms with Gasteiger partial charge in [0.15, 0.2) is 11.5 Å². The fraction of sp³-hybridized carbons (Fsp3) is 0.111. The third-order valence-corrected chi connectivity index (χ3v) is 3.12. The molecule has 1 amide bonds. The predicted molar refractivity (Wildman–Crippen MR) is 86.6 cm³/mol. The number of hydrogen-bond acceptors (Lipinski definition) is 4. The molecule has 2 aromatic rings. The minimum absolute atomic E-state index is 0.120. The molecule has 0 unspecified atom stereocenters. The standard InChI is InChI=1S/C18H16N2O3/c1-22-17-10-14(9-15(11-19)18(20)21)7-8-16(17)23-12-13-5-3-2-4-6-13/h2-10H,12H2,1H3,(H2,20,21)/b15-9-. The van der Waals surface area contributed by atoms with Gasteiger partial charge in [-0.3, -0.25) is 4.79 Å². The molecule has 0 aliphatic rings. The third kappa shape index (κ3) is 4.35. The van der Waals surface area contributed by atoms with Gasteiger partial charge in [0.25, 0.3) is 5.91 Å². The van der Waals surface area contributed by atoms with E-state index in [1.54, 1.807) is 24.3 Å². The number of hydrogen-bond donors (Lipinski definition) is 1. The summed E-state index contributed by atoms with van der Waals surface area (Å²) in [4.78, 5) is 11.1. The Labute approximate surface area is 134 Å². The monoisotopic (exact) mass is 308 g/mol. The maximum Gasteiger partial charge on any atom is 0.259 e. The molecule has 116 valence electrons. The Balaban J connectivity index is 2.20. The van der Waals surface area contributed by atoms with Crippen LogP contribution in [0.1, 0.15) is 11.1 Å². The molecule has 0 bridgehead atoms. The van der Waals surface area contributed by atoms with Gasteiger partial charge in [0, 0.05) is 0 Å². The number of nitrogens with two attached hydrogens (primary N) is 1. The number of nitrogens with zero attached hydrogens (tertiary/aromatic N) is 1. The summed E-state index contributed by atoms with van der Waals surface area (Å²) in [6.45, 7) is 0.414. The number of benzene rings is 2. The number of carbonyl (C=O) groups is 1. The van der Waals surface area contributed by atoms with E-state index in [9.17, 15) is 4.79 Å². The van der Waals surface area contributed by atoms with E-state index in [0.717, 1.165) is 5.56 Å². The fourth-order valence-electron chi connectivity index (χ4n) is 1.95. The van der Waals surface area contributed by atoms with Gasteiger partial charge in [-0.05, 0) is 29.3 Å². The normalized spacial score (nSPS) is 10.7. The van der Waals surface area contributed by atoms with Crippen molar-refractivity contribution in [3.05, 3.63) is 65.2 Å². The van der Waals surface area contributed by atoms with Gasteiger partial charge in [-0.25, -0.2) is 0 Å². The lowest BCUT2D eigenvalue weighted by Gasteiger charge is -2.11. The molecule has 2 N–H and O–H groups in total. The summed E-state index contributed by atoms with van der Waals surface area (Å²) in [6.07, 6.45) is 1.41. The van der Waals surface area contributed by atoms with E-state index < -0.39 is 5.91 Å². The molecule has 2 rings (SSSR count). The molecule has 0 fully saturated rings. The van der Waals surface area contributed by atoms with E-state index in [-0.39, 0.29) is 5.57 Å². The van der Waals surface area contributed by atoms with Crippen molar-refractivity contribution in [1.29, 1.82) is 5.26 Å². The number of ether oxygens (including phenoxy) is 2. The second kappa shape index (κ2) is 7.66. The first-order valence-electron chi connectivity index (χ1n) is 6.90. The van der Waals surface area contributed by atoms with Gasteiger partial charge in [0.2, 0.25) is 0 Å². The summed E-state index contributed by atoms with van der Waals surface area (Å²) in [6, 6.07) is 16.7. The van der Waals surface area contributed by atoms with Gasteiger partial charge in [-0.2, -0.15) is 5.26 Å². The Morgan fingerprint density at radius 2 is 1.96 bits per heavy atom. The fourth-order valence-corrected chi connectivity index (χ4v) is 1.95. The van der Waals surface area contributed by atoms with Gasteiger partial charge >= 0.3 is 0 Å². The highest BCUT2D eigenvalue weighted by Gasteiger charge is 2.08. The lowest BCUT2D eigenvalue weighted by Crippen LogP contribution is -2.12. The third-order valence-electron chi connectivity index (χ3n) is 3.12. The van der Waals surface area contributed by atoms with Crippen molar-refractivity contribution < 1.29 is 14.3 Å². The van der Waals surface area contributed by atoms with Crippen LogP contribution in [0.25, 0.3) is 6.08 Å². The van der Waals surface area contributed by atoms with Crippen LogP contribution in [-0.2, 0) is 11.4 Å². The molecule has 5 heteroatoms. The summed E-state index contributed by atoms with van der Waals surface area (Å²) in [5, 5.41) is 8.87. The second-order valence-corrected chi connectivity index (χ2v) is 4.72. The molecule has 0 atom stereocenters. The number of carbonyl (C=O) groups excluding carboxylic acids is 1. The summed E-state index contributed by atoms with van der Waals surface area (Å²) >= 11 is 0. The maximum atomic E-state index is 11.1. The van der Waals surface area contributed by atoms with Crippen LogP contribution in [0.15, 0.2) is 54.1 Å². The van der Waals surface area contributed by atoms with Gasteiger partial charge in [-0.1, -0.05) is 36.4 Å². The van der Waals surface area contributed by atoms with Crippen LogP contribution in [0.5, 0.6) is 11.5 Å². The SMILES string of the molecule is COc1cc(/C=C(/C#N)C(N)=O)ccc1OCc1ccccc1. The zero-order chi connectivity index (χ0) is 16.7. The topological polar surface area (TPSA) is 85.3 Å². The lowest BCUT2D eigenvalue weighted by molar-refractivity contribution is -0.114. The molecule has 0 saturated carbocycles. The molecule has 5 nitrogen and oxygen atoms in total. The smallest absolute Gasteiger partial charge is 0.259 e. The number of amides is 1. The lowest BCUT2D eigenvalue weighted by atomic mass is 10.1. The van der Waals surface area contributed by atoms with Crippen LogP contribution < -0.4 is 15.2 Å². The Morgan fingerprint density at radius 1 is 1.22 bits per heavy atom. The van der Waals surface area contributed by atoms with Gasteiger partial charge in [0.1, 0.15) is 18.2 Å². The highest BCUT2D eigenvalue weighted by molar-refractivity contribution is 6.00. The molecule has 0 aliphatic carbocycles. The van der Waals surface area contributed by atoms with Crippen molar-refractivity contribution in [2.45, 2.75) is 6.61 Å². The van der Waals surface area contributed by atoms with Crippen LogP contribution in [0.2, 0.25) is 0 Å². The van der Waals surface area contributed by atoms with E-state index in [0.29, 0.717) is 23.7 Å². The van der Waals surface area contributed by atoms with Crippen molar-refractivity contribution >= 4 is 12.0 Å². The first-order valence-corrected chi connectivity index (χ1v) is 6.90. The molecule has 0 heterocycles. The highest BCUT2D eigenvalue weighted by atomic mass is 16.5. The van der Waals surface area contributed by atoms with Crippen molar-refractivity contribution in [2.75, 3.05) is 7.11 Å². The summed E-state index contributed by atoms with van der Waals surface area (Å²) in [7, 11) is 1.53. The maximum absolute atomic E-state index is 11.1. The molecule has 0 aliphatic heterocycles. The van der Waals surface area contributed by atoms with Crippen LogP contribution in [-0.4, -0.2) is 13.0 Å². The van der Waals surface area contributed by atoms with Gasteiger partial charge in [0.05, 0.1) is 7.11 Å². The van der Waals surface area contributed by atoms with Crippen molar-refractivity contribution in [3.8, 4) is 17.6 Å². The highest BCUT2D eigenvalue weighted by Crippen LogP contribution is 2.29. The quantitative estimate of drug-likeness (QED) is 0.656. The van der Waals surface area contributed by atoms with Gasteiger partial charge in [-0.15, -0.1) is 0 Å². The first-order chi connectivity index (χ1) is 11.1. The Morgan fingerprint density at radius 3 is 2.57 bits per heavy atom. The predicted octanol–water partition coefficient (Wildman–Crippen LogP) is 2.67. The van der Waals surface area contributed by atoms with E-state index in [1.165, 1.54) is 13.2 Å². The Bertz CT molecular complexity index is 762. The minimum Gasteiger partial charge on any atom is -0.493 e. The first kappa shape index (κ1) is 16.1. The van der Waals surface area contributed by atoms with Crippen molar-refractivity contribution in [1.82, 2.24) is 0 Å². The number of nitriles is 1. The average Bonchev–Trinajstić information content (AvgIpc) is 2.58. The van der Waals surface area contributed by atoms with Crippen molar-refractivity contribution in [2.24, 2.45) is 5.73 Å². The molecule has 2 aromatic carbocycles. The van der Waals surface area contributed by atoms with E-state index >= 15 is 0 Å². The van der Waals surface area contributed by atoms with E-state index in [4.69, 9.17) is 20.5 Å². The van der Waals surface area contributed by atoms with Crippen LogP contribution in [0, 0.1) is 11.3 Å². The van der Waals surface area contributed by atoms with Crippen LogP contribution in [0.4, 0.5) is 0 Å². The minimum atomic E-state index is -0.768. The second-order valence-electron chi connectivity index (χ2n) is 4.72. The molecule has 0 saturated heterocycles. The number of primary amides is 1. The average molecular weight is 308 g/mol. The molecular weight excluding hydrogens is 292 g/mol. The zero-order valence-corrected chi connectivity index (χ0v) is 12.7. The number of methoxy groups -OCH3 is 1. The van der Waals surface area contributed by atoms with Crippen molar-refractivity contribution in [3.63, 3.8) is 0 Å². The largest absolute Gasteiger partial charge is 0.493 e. The zero-order valence-electron chi connectivity index (χ0n) is 12.7. The summed E-state index contributed by atoms with van der Waals surface area (Å²) in [5.74, 6) is 0.318. The van der Waals surface area contributed by atoms with Crippen LogP contribution >= 0.6 is 0 Å². The molecule has 23 heavy (non-hydrogen) atoms. The van der Waals surface area contributed by atoms with Crippen LogP contribution in [0.3, 0.4) is 0 Å². The summed E-state index contributed by atoms with van der Waals surface area (Å²) < 4.78 is 11.0. The van der Waals surface area contributed by atoms with E-state index in [1.807, 2.05) is 30.3 Å². The molecular formula is C18H16N2O3. The molecule has 0 spiro atoms.